The molecule has 0 aliphatic heterocycles. The van der Waals surface area contributed by atoms with Crippen LogP contribution in [0.25, 0.3) is 5.57 Å². The number of benzene rings is 2. The molecule has 0 nitrogen and oxygen atoms in total. The molecule has 37 heavy (non-hydrogen) atoms. The van der Waals surface area contributed by atoms with Crippen molar-refractivity contribution < 1.29 is 0 Å². The summed E-state index contributed by atoms with van der Waals surface area (Å²) in [4.78, 5) is 0. The number of rotatable bonds is 8. The van der Waals surface area contributed by atoms with Crippen molar-refractivity contribution in [3.63, 3.8) is 0 Å². The van der Waals surface area contributed by atoms with Crippen LogP contribution in [0.1, 0.15) is 93.9 Å². The van der Waals surface area contributed by atoms with Crippen LogP contribution in [0.5, 0.6) is 0 Å². The zero-order chi connectivity index (χ0) is 26.1. The van der Waals surface area contributed by atoms with Gasteiger partial charge in [-0.05, 0) is 82.7 Å². The summed E-state index contributed by atoms with van der Waals surface area (Å²) in [5, 5.41) is 0. The summed E-state index contributed by atoms with van der Waals surface area (Å²) in [5.41, 5.74) is 15.4. The molecule has 0 N–H and O–H groups in total. The van der Waals surface area contributed by atoms with Gasteiger partial charge in [-0.25, -0.2) is 0 Å². The summed E-state index contributed by atoms with van der Waals surface area (Å²) in [6.07, 6.45) is 14.1. The van der Waals surface area contributed by atoms with E-state index >= 15 is 0 Å². The highest BCUT2D eigenvalue weighted by atomic mass is 14.4. The number of aryl methyl sites for hydroxylation is 1. The standard InChI is InChI=1S/C37H42/c1-7-12-24(4)35-25(5)20-32-23-30(22-31-21-29(13-8-2)33-14-10-11-15-34(31)33)26(6)36(32)37(35)28-18-16-27(9-3)17-19-28/h10-11,14-22,29,36-37H,4,6-9,12-13,23H2,1-3,5H3/b30-22+. The lowest BCUT2D eigenvalue weighted by atomic mass is 9.69. The number of allylic oxidation sites excluding steroid dienone is 10. The van der Waals surface area contributed by atoms with Gasteiger partial charge in [0.25, 0.3) is 0 Å². The molecule has 0 bridgehead atoms. The van der Waals surface area contributed by atoms with Gasteiger partial charge in [0.15, 0.2) is 0 Å². The molecular weight excluding hydrogens is 444 g/mol. The van der Waals surface area contributed by atoms with Gasteiger partial charge < -0.3 is 0 Å². The van der Waals surface area contributed by atoms with Gasteiger partial charge in [0, 0.05) is 17.8 Å². The quantitative estimate of drug-likeness (QED) is 0.348. The predicted molar refractivity (Wildman–Crippen MR) is 161 cm³/mol. The third-order valence-corrected chi connectivity index (χ3v) is 8.71. The fraction of sp³-hybridized carbons (Fsp3) is 0.351. The molecule has 1 fully saturated rings. The van der Waals surface area contributed by atoms with Gasteiger partial charge in [0.2, 0.25) is 0 Å². The van der Waals surface area contributed by atoms with Gasteiger partial charge in [-0.2, -0.15) is 0 Å². The Morgan fingerprint density at radius 2 is 1.73 bits per heavy atom. The third-order valence-electron chi connectivity index (χ3n) is 8.71. The van der Waals surface area contributed by atoms with E-state index in [9.17, 15) is 0 Å². The van der Waals surface area contributed by atoms with E-state index in [2.05, 4.69) is 101 Å². The van der Waals surface area contributed by atoms with Crippen LogP contribution >= 0.6 is 0 Å². The van der Waals surface area contributed by atoms with Crippen molar-refractivity contribution in [2.45, 2.75) is 78.1 Å². The zero-order valence-electron chi connectivity index (χ0n) is 23.2. The average molecular weight is 487 g/mol. The van der Waals surface area contributed by atoms with Crippen LogP contribution in [0.15, 0.2) is 113 Å². The minimum atomic E-state index is 0.293. The third kappa shape index (κ3) is 4.68. The fourth-order valence-corrected chi connectivity index (χ4v) is 6.93. The van der Waals surface area contributed by atoms with Crippen molar-refractivity contribution in [3.05, 3.63) is 136 Å². The SMILES string of the molecule is C=C(CCC)C1=C(C)C=C2C/C(=C\C3=CC(CCC)c4ccccc43)C(=C)C2C1c1ccc(CC)cc1. The summed E-state index contributed by atoms with van der Waals surface area (Å²) in [7, 11) is 0. The van der Waals surface area contributed by atoms with Crippen LogP contribution in [-0.4, -0.2) is 0 Å². The highest BCUT2D eigenvalue weighted by molar-refractivity contribution is 5.83. The lowest BCUT2D eigenvalue weighted by Gasteiger charge is -2.34. The van der Waals surface area contributed by atoms with Crippen molar-refractivity contribution in [2.75, 3.05) is 0 Å². The van der Waals surface area contributed by atoms with Crippen molar-refractivity contribution in [1.82, 2.24) is 0 Å². The minimum absolute atomic E-state index is 0.293. The maximum absolute atomic E-state index is 4.76. The summed E-state index contributed by atoms with van der Waals surface area (Å²) >= 11 is 0. The maximum atomic E-state index is 4.76. The fourth-order valence-electron chi connectivity index (χ4n) is 6.93. The van der Waals surface area contributed by atoms with Crippen LogP contribution in [0.2, 0.25) is 0 Å². The first-order valence-corrected chi connectivity index (χ1v) is 14.4. The molecule has 190 valence electrons. The van der Waals surface area contributed by atoms with Crippen molar-refractivity contribution in [2.24, 2.45) is 5.92 Å². The van der Waals surface area contributed by atoms with Gasteiger partial charge in [0.05, 0.1) is 0 Å². The Morgan fingerprint density at radius 1 is 0.973 bits per heavy atom. The van der Waals surface area contributed by atoms with Gasteiger partial charge in [-0.3, -0.25) is 0 Å². The largest absolute Gasteiger partial charge is 0.0955 e. The lowest BCUT2D eigenvalue weighted by molar-refractivity contribution is 0.619. The van der Waals surface area contributed by atoms with E-state index in [0.29, 0.717) is 17.8 Å². The summed E-state index contributed by atoms with van der Waals surface area (Å²) < 4.78 is 0. The molecule has 3 aliphatic rings. The number of hydrogen-bond donors (Lipinski definition) is 0. The Labute approximate surface area is 224 Å². The van der Waals surface area contributed by atoms with Crippen LogP contribution < -0.4 is 0 Å². The number of fused-ring (bicyclic) bond motifs is 2. The first kappa shape index (κ1) is 25.5. The van der Waals surface area contributed by atoms with Crippen LogP contribution in [-0.2, 0) is 6.42 Å². The van der Waals surface area contributed by atoms with E-state index in [1.807, 2.05) is 0 Å². The Morgan fingerprint density at radius 3 is 2.43 bits per heavy atom. The molecule has 2 aromatic rings. The maximum Gasteiger partial charge on any atom is 0.0201 e. The van der Waals surface area contributed by atoms with Crippen molar-refractivity contribution in [1.29, 1.82) is 0 Å². The van der Waals surface area contributed by atoms with Crippen molar-refractivity contribution >= 4 is 5.57 Å². The van der Waals surface area contributed by atoms with Crippen LogP contribution in [0, 0.1) is 5.92 Å². The highest BCUT2D eigenvalue weighted by Crippen LogP contribution is 2.55. The second kappa shape index (κ2) is 10.7. The predicted octanol–water partition coefficient (Wildman–Crippen LogP) is 10.4. The van der Waals surface area contributed by atoms with Crippen molar-refractivity contribution in [3.8, 4) is 0 Å². The molecule has 0 radical (unpaired) electrons. The molecule has 0 heteroatoms. The minimum Gasteiger partial charge on any atom is -0.0955 e. The molecule has 2 aromatic carbocycles. The molecule has 0 spiro atoms. The van der Waals surface area contributed by atoms with E-state index < -0.39 is 0 Å². The number of hydrogen-bond acceptors (Lipinski definition) is 0. The summed E-state index contributed by atoms with van der Waals surface area (Å²) in [6.45, 7) is 18.4. The normalized spacial score (nSPS) is 23.7. The monoisotopic (exact) mass is 486 g/mol. The molecule has 0 aromatic heterocycles. The second-order valence-electron chi connectivity index (χ2n) is 11.2. The topological polar surface area (TPSA) is 0 Å². The van der Waals surface area contributed by atoms with Gasteiger partial charge in [0.1, 0.15) is 0 Å². The average Bonchev–Trinajstić information content (AvgIpc) is 3.40. The summed E-state index contributed by atoms with van der Waals surface area (Å²) in [6, 6.07) is 18.3. The van der Waals surface area contributed by atoms with Crippen LogP contribution in [0.4, 0.5) is 0 Å². The Hall–Kier alpha value is -3.12. The molecule has 0 amide bonds. The van der Waals surface area contributed by atoms with Gasteiger partial charge in [-0.1, -0.05) is 125 Å². The molecule has 1 saturated carbocycles. The Balaban J connectivity index is 1.56. The Kier molecular flexibility index (Phi) is 7.38. The van der Waals surface area contributed by atoms with Crippen LogP contribution in [0.3, 0.4) is 0 Å². The summed E-state index contributed by atoms with van der Waals surface area (Å²) in [5.74, 6) is 1.14. The molecule has 5 rings (SSSR count). The van der Waals surface area contributed by atoms with E-state index in [-0.39, 0.29) is 0 Å². The molecule has 0 saturated heterocycles. The van der Waals surface area contributed by atoms with E-state index in [1.165, 1.54) is 74.1 Å². The lowest BCUT2D eigenvalue weighted by Crippen LogP contribution is -2.21. The molecule has 3 atom stereocenters. The molecule has 3 unspecified atom stereocenters. The van der Waals surface area contributed by atoms with E-state index in [0.717, 1.165) is 25.7 Å². The zero-order valence-corrected chi connectivity index (χ0v) is 23.2. The smallest absolute Gasteiger partial charge is 0.0201 e. The molecular formula is C37H42. The van der Waals surface area contributed by atoms with E-state index in [1.54, 1.807) is 0 Å². The second-order valence-corrected chi connectivity index (χ2v) is 11.2. The van der Waals surface area contributed by atoms with Gasteiger partial charge in [-0.15, -0.1) is 0 Å². The molecule has 3 aliphatic carbocycles. The highest BCUT2D eigenvalue weighted by Gasteiger charge is 2.41. The first-order valence-electron chi connectivity index (χ1n) is 14.4. The van der Waals surface area contributed by atoms with Gasteiger partial charge >= 0.3 is 0 Å². The van der Waals surface area contributed by atoms with E-state index in [4.69, 9.17) is 6.58 Å². The first-order chi connectivity index (χ1) is 18.0. The molecule has 0 heterocycles. The Bertz CT molecular complexity index is 1330.